The molecule has 1 aliphatic heterocycles. The Morgan fingerprint density at radius 3 is 2.94 bits per heavy atom. The quantitative estimate of drug-likeness (QED) is 0.769. The number of phenolic OH excluding ortho intramolecular Hbond substituents is 1. The van der Waals surface area contributed by atoms with E-state index in [1.807, 2.05) is 0 Å². The fourth-order valence-electron chi connectivity index (χ4n) is 2.08. The number of benzene rings is 1. The van der Waals surface area contributed by atoms with Gasteiger partial charge >= 0.3 is 0 Å². The highest BCUT2D eigenvalue weighted by Crippen LogP contribution is 2.23. The summed E-state index contributed by atoms with van der Waals surface area (Å²) in [5.41, 5.74) is 5.50. The van der Waals surface area contributed by atoms with Crippen LogP contribution in [-0.4, -0.2) is 35.0 Å². The van der Waals surface area contributed by atoms with Gasteiger partial charge in [0, 0.05) is 19.1 Å². The lowest BCUT2D eigenvalue weighted by Crippen LogP contribution is -2.45. The number of hydrogen-bond acceptors (Lipinski definition) is 3. The van der Waals surface area contributed by atoms with Gasteiger partial charge in [-0.15, -0.1) is 0 Å². The summed E-state index contributed by atoms with van der Waals surface area (Å²) in [7, 11) is 0. The van der Waals surface area contributed by atoms with Crippen LogP contribution in [0.2, 0.25) is 0 Å². The van der Waals surface area contributed by atoms with Crippen LogP contribution in [0, 0.1) is 5.82 Å². The van der Waals surface area contributed by atoms with Gasteiger partial charge in [0.25, 0.3) is 5.91 Å². The van der Waals surface area contributed by atoms with E-state index in [0.29, 0.717) is 13.1 Å². The van der Waals surface area contributed by atoms with Crippen LogP contribution in [0.15, 0.2) is 18.2 Å². The van der Waals surface area contributed by atoms with Crippen LogP contribution >= 0.6 is 0 Å². The zero-order valence-electron chi connectivity index (χ0n) is 9.40. The Morgan fingerprint density at radius 2 is 2.29 bits per heavy atom. The van der Waals surface area contributed by atoms with Crippen molar-refractivity contribution < 1.29 is 14.3 Å². The lowest BCUT2D eigenvalue weighted by molar-refractivity contribution is 0.0700. The molecular formula is C12H15FN2O2. The first kappa shape index (κ1) is 11.9. The standard InChI is InChI=1S/C12H15FN2O2/c13-9-4-1-5-10(16)11(9)12(17)15-6-2-3-8(14)7-15/h1,4-5,8,16H,2-3,6-7,14H2. The third kappa shape index (κ3) is 2.39. The van der Waals surface area contributed by atoms with Gasteiger partial charge in [-0.05, 0) is 25.0 Å². The third-order valence-corrected chi connectivity index (χ3v) is 2.95. The molecule has 0 aliphatic carbocycles. The summed E-state index contributed by atoms with van der Waals surface area (Å²) in [6, 6.07) is 3.77. The number of phenols is 1. The van der Waals surface area contributed by atoms with E-state index in [1.54, 1.807) is 0 Å². The lowest BCUT2D eigenvalue weighted by atomic mass is 10.0. The molecule has 0 radical (unpaired) electrons. The molecule has 3 N–H and O–H groups in total. The molecule has 2 rings (SSSR count). The number of nitrogens with two attached hydrogens (primary N) is 1. The van der Waals surface area contributed by atoms with Crippen molar-refractivity contribution in [3.05, 3.63) is 29.6 Å². The normalized spacial score (nSPS) is 20.4. The monoisotopic (exact) mass is 238 g/mol. The van der Waals surface area contributed by atoms with Crippen LogP contribution < -0.4 is 5.73 Å². The van der Waals surface area contributed by atoms with Crippen LogP contribution in [0.4, 0.5) is 4.39 Å². The molecule has 1 atom stereocenters. The zero-order valence-corrected chi connectivity index (χ0v) is 9.40. The van der Waals surface area contributed by atoms with Crippen molar-refractivity contribution in [2.45, 2.75) is 18.9 Å². The maximum absolute atomic E-state index is 13.5. The molecule has 5 heteroatoms. The van der Waals surface area contributed by atoms with Crippen LogP contribution in [-0.2, 0) is 0 Å². The van der Waals surface area contributed by atoms with E-state index in [0.717, 1.165) is 18.9 Å². The lowest BCUT2D eigenvalue weighted by Gasteiger charge is -2.31. The van der Waals surface area contributed by atoms with E-state index in [-0.39, 0.29) is 17.4 Å². The van der Waals surface area contributed by atoms with Gasteiger partial charge in [-0.2, -0.15) is 0 Å². The van der Waals surface area contributed by atoms with Crippen molar-refractivity contribution in [2.24, 2.45) is 5.73 Å². The summed E-state index contributed by atoms with van der Waals surface area (Å²) in [5.74, 6) is -1.51. The molecule has 0 saturated carbocycles. The molecular weight excluding hydrogens is 223 g/mol. The predicted octanol–water partition coefficient (Wildman–Crippen LogP) is 1.09. The minimum Gasteiger partial charge on any atom is -0.507 e. The molecule has 1 heterocycles. The van der Waals surface area contributed by atoms with Crippen LogP contribution in [0.25, 0.3) is 0 Å². The molecule has 0 spiro atoms. The number of piperidine rings is 1. The molecule has 1 aliphatic rings. The number of aromatic hydroxyl groups is 1. The number of nitrogens with zero attached hydrogens (tertiary/aromatic N) is 1. The third-order valence-electron chi connectivity index (χ3n) is 2.95. The van der Waals surface area contributed by atoms with E-state index < -0.39 is 11.7 Å². The van der Waals surface area contributed by atoms with Gasteiger partial charge in [0.15, 0.2) is 0 Å². The van der Waals surface area contributed by atoms with Crippen molar-refractivity contribution in [2.75, 3.05) is 13.1 Å². The van der Waals surface area contributed by atoms with Crippen molar-refractivity contribution in [3.63, 3.8) is 0 Å². The summed E-state index contributed by atoms with van der Waals surface area (Å²) >= 11 is 0. The molecule has 4 nitrogen and oxygen atoms in total. The fraction of sp³-hybridized carbons (Fsp3) is 0.417. The molecule has 1 aromatic carbocycles. The second kappa shape index (κ2) is 4.71. The van der Waals surface area contributed by atoms with Crippen molar-refractivity contribution >= 4 is 5.91 Å². The topological polar surface area (TPSA) is 66.6 Å². The van der Waals surface area contributed by atoms with E-state index in [1.165, 1.54) is 17.0 Å². The van der Waals surface area contributed by atoms with Gasteiger partial charge in [0.2, 0.25) is 0 Å². The Bertz CT molecular complexity index is 416. The molecule has 0 aromatic heterocycles. The molecule has 1 saturated heterocycles. The smallest absolute Gasteiger partial charge is 0.260 e. The fourth-order valence-corrected chi connectivity index (χ4v) is 2.08. The average Bonchev–Trinajstić information content (AvgIpc) is 2.28. The highest BCUT2D eigenvalue weighted by Gasteiger charge is 2.26. The minimum atomic E-state index is -0.700. The van der Waals surface area contributed by atoms with Gasteiger partial charge in [-0.3, -0.25) is 4.79 Å². The molecule has 17 heavy (non-hydrogen) atoms. The highest BCUT2D eigenvalue weighted by atomic mass is 19.1. The maximum atomic E-state index is 13.5. The summed E-state index contributed by atoms with van der Waals surface area (Å²) in [6.07, 6.45) is 1.68. The number of carbonyl (C=O) groups excluding carboxylic acids is 1. The van der Waals surface area contributed by atoms with Crippen LogP contribution in [0.5, 0.6) is 5.75 Å². The van der Waals surface area contributed by atoms with Crippen molar-refractivity contribution in [1.29, 1.82) is 0 Å². The largest absolute Gasteiger partial charge is 0.507 e. The van der Waals surface area contributed by atoms with E-state index >= 15 is 0 Å². The number of rotatable bonds is 1. The second-order valence-corrected chi connectivity index (χ2v) is 4.29. The Labute approximate surface area is 98.8 Å². The van der Waals surface area contributed by atoms with E-state index in [2.05, 4.69) is 0 Å². The summed E-state index contributed by atoms with van der Waals surface area (Å²) < 4.78 is 13.5. The molecule has 1 fully saturated rings. The van der Waals surface area contributed by atoms with Gasteiger partial charge in [-0.1, -0.05) is 6.07 Å². The molecule has 1 aromatic rings. The number of hydrogen-bond donors (Lipinski definition) is 2. The van der Waals surface area contributed by atoms with Gasteiger partial charge in [0.05, 0.1) is 0 Å². The second-order valence-electron chi connectivity index (χ2n) is 4.29. The highest BCUT2D eigenvalue weighted by molar-refractivity contribution is 5.97. The SMILES string of the molecule is NC1CCCN(C(=O)c2c(O)cccc2F)C1. The van der Waals surface area contributed by atoms with E-state index in [9.17, 15) is 14.3 Å². The first-order valence-electron chi connectivity index (χ1n) is 5.62. The summed E-state index contributed by atoms with van der Waals surface area (Å²) in [6.45, 7) is 0.965. The Kier molecular flexibility index (Phi) is 3.28. The number of halogens is 1. The van der Waals surface area contributed by atoms with Crippen molar-refractivity contribution in [1.82, 2.24) is 4.90 Å². The van der Waals surface area contributed by atoms with Gasteiger partial charge in [-0.25, -0.2) is 4.39 Å². The van der Waals surface area contributed by atoms with Crippen LogP contribution in [0.3, 0.4) is 0 Å². The van der Waals surface area contributed by atoms with Gasteiger partial charge in [0.1, 0.15) is 17.1 Å². The number of carbonyl (C=O) groups is 1. The van der Waals surface area contributed by atoms with E-state index in [4.69, 9.17) is 5.73 Å². The predicted molar refractivity (Wildman–Crippen MR) is 61.2 cm³/mol. The van der Waals surface area contributed by atoms with Crippen molar-refractivity contribution in [3.8, 4) is 5.75 Å². The molecule has 92 valence electrons. The maximum Gasteiger partial charge on any atom is 0.260 e. The number of amides is 1. The molecule has 1 unspecified atom stereocenters. The summed E-state index contributed by atoms with van der Waals surface area (Å²) in [5, 5.41) is 9.54. The van der Waals surface area contributed by atoms with Crippen LogP contribution in [0.1, 0.15) is 23.2 Å². The Balaban J connectivity index is 2.24. The van der Waals surface area contributed by atoms with Gasteiger partial charge < -0.3 is 15.7 Å². The first-order valence-corrected chi connectivity index (χ1v) is 5.62. The number of likely N-dealkylation sites (tertiary alicyclic amines) is 1. The first-order chi connectivity index (χ1) is 8.09. The summed E-state index contributed by atoms with van der Waals surface area (Å²) in [4.78, 5) is 13.5. The molecule has 1 amide bonds. The Hall–Kier alpha value is -1.62. The average molecular weight is 238 g/mol. The minimum absolute atomic E-state index is 0.0679. The zero-order chi connectivity index (χ0) is 12.4. The Morgan fingerprint density at radius 1 is 1.53 bits per heavy atom. The molecule has 0 bridgehead atoms.